The van der Waals surface area contributed by atoms with Crippen LogP contribution in [0.3, 0.4) is 0 Å². The zero-order valence-corrected chi connectivity index (χ0v) is 11.4. The maximum atomic E-state index is 13.3. The van der Waals surface area contributed by atoms with Gasteiger partial charge in [0, 0.05) is 17.7 Å². The van der Waals surface area contributed by atoms with E-state index in [-0.39, 0.29) is 5.54 Å². The minimum atomic E-state index is -0.879. The number of nitrogens with zero attached hydrogens (tertiary/aromatic N) is 1. The zero-order chi connectivity index (χ0) is 14.5. The molecule has 0 saturated carbocycles. The Bertz CT molecular complexity index is 444. The predicted molar refractivity (Wildman–Crippen MR) is 70.9 cm³/mol. The highest BCUT2D eigenvalue weighted by Gasteiger charge is 2.14. The monoisotopic (exact) mass is 270 g/mol. The van der Waals surface area contributed by atoms with Gasteiger partial charge in [0.25, 0.3) is 0 Å². The van der Waals surface area contributed by atoms with E-state index in [2.05, 4.69) is 26.1 Å². The lowest BCUT2D eigenvalue weighted by molar-refractivity contribution is -0.387. The van der Waals surface area contributed by atoms with Crippen LogP contribution in [-0.4, -0.2) is 23.6 Å². The first-order valence-electron chi connectivity index (χ1n) is 6.11. The van der Waals surface area contributed by atoms with Gasteiger partial charge in [-0.2, -0.15) is 4.39 Å². The Hall–Kier alpha value is -1.69. The van der Waals surface area contributed by atoms with E-state index in [1.807, 2.05) is 0 Å². The number of hydrogen-bond donors (Lipinski definition) is 1. The molecule has 106 valence electrons. The molecule has 0 aliphatic rings. The molecular weight excluding hydrogens is 251 g/mol. The highest BCUT2D eigenvalue weighted by molar-refractivity contribution is 5.37. The largest absolute Gasteiger partial charge is 0.493 e. The minimum Gasteiger partial charge on any atom is -0.493 e. The Morgan fingerprint density at radius 1 is 1.42 bits per heavy atom. The standard InChI is InChI=1S/C13H19FN2O3/c1-13(2,3)15-7-4-8-19-10-5-6-12(16(17)18)11(14)9-10/h5-6,9,15H,4,7-8H2,1-3H3. The van der Waals surface area contributed by atoms with Gasteiger partial charge in [-0.25, -0.2) is 0 Å². The second-order valence-corrected chi connectivity index (χ2v) is 5.25. The van der Waals surface area contributed by atoms with E-state index in [4.69, 9.17) is 4.74 Å². The average Bonchev–Trinajstić information content (AvgIpc) is 2.26. The van der Waals surface area contributed by atoms with Gasteiger partial charge >= 0.3 is 5.69 Å². The first kappa shape index (κ1) is 15.4. The van der Waals surface area contributed by atoms with Crippen LogP contribution in [0.1, 0.15) is 27.2 Å². The van der Waals surface area contributed by atoms with Gasteiger partial charge in [-0.05, 0) is 39.8 Å². The molecule has 0 fully saturated rings. The first-order chi connectivity index (χ1) is 8.79. The molecule has 19 heavy (non-hydrogen) atoms. The van der Waals surface area contributed by atoms with Crippen LogP contribution in [0.2, 0.25) is 0 Å². The number of benzene rings is 1. The predicted octanol–water partition coefficient (Wildman–Crippen LogP) is 2.89. The number of nitro groups is 1. The molecule has 5 nitrogen and oxygen atoms in total. The molecule has 1 rings (SSSR count). The van der Waals surface area contributed by atoms with Crippen molar-refractivity contribution in [2.45, 2.75) is 32.7 Å². The fourth-order valence-electron chi connectivity index (χ4n) is 1.45. The Balaban J connectivity index is 2.38. The Labute approximate surface area is 111 Å². The van der Waals surface area contributed by atoms with Crippen LogP contribution in [0.25, 0.3) is 0 Å². The van der Waals surface area contributed by atoms with Crippen molar-refractivity contribution >= 4 is 5.69 Å². The molecule has 1 aromatic carbocycles. The smallest absolute Gasteiger partial charge is 0.305 e. The Morgan fingerprint density at radius 3 is 2.63 bits per heavy atom. The third kappa shape index (κ3) is 5.65. The Morgan fingerprint density at radius 2 is 2.11 bits per heavy atom. The van der Waals surface area contributed by atoms with Gasteiger partial charge in [-0.15, -0.1) is 0 Å². The summed E-state index contributed by atoms with van der Waals surface area (Å²) in [6.07, 6.45) is 0.774. The summed E-state index contributed by atoms with van der Waals surface area (Å²) in [7, 11) is 0. The molecule has 0 bridgehead atoms. The van der Waals surface area contributed by atoms with Crippen LogP contribution < -0.4 is 10.1 Å². The Kier molecular flexibility index (Phi) is 5.23. The molecule has 0 aliphatic heterocycles. The molecule has 0 unspecified atom stereocenters. The van der Waals surface area contributed by atoms with Gasteiger partial charge in [0.1, 0.15) is 5.75 Å². The fraction of sp³-hybridized carbons (Fsp3) is 0.538. The molecule has 0 spiro atoms. The number of ether oxygens (including phenoxy) is 1. The third-order valence-electron chi connectivity index (χ3n) is 2.36. The van der Waals surface area contributed by atoms with E-state index in [1.165, 1.54) is 6.07 Å². The zero-order valence-electron chi connectivity index (χ0n) is 11.4. The maximum Gasteiger partial charge on any atom is 0.305 e. The lowest BCUT2D eigenvalue weighted by Crippen LogP contribution is -2.36. The number of nitro benzene ring substituents is 1. The SMILES string of the molecule is CC(C)(C)NCCCOc1ccc([N+](=O)[O-])c(F)c1. The van der Waals surface area contributed by atoms with Crippen molar-refractivity contribution in [1.29, 1.82) is 0 Å². The molecule has 1 N–H and O–H groups in total. The van der Waals surface area contributed by atoms with Gasteiger partial charge < -0.3 is 10.1 Å². The van der Waals surface area contributed by atoms with Crippen molar-refractivity contribution in [3.63, 3.8) is 0 Å². The molecule has 0 aromatic heterocycles. The number of hydrogen-bond acceptors (Lipinski definition) is 4. The third-order valence-corrected chi connectivity index (χ3v) is 2.36. The van der Waals surface area contributed by atoms with Crippen LogP contribution in [0.15, 0.2) is 18.2 Å². The van der Waals surface area contributed by atoms with Gasteiger partial charge in [0.2, 0.25) is 5.82 Å². The van der Waals surface area contributed by atoms with E-state index < -0.39 is 16.4 Å². The van der Waals surface area contributed by atoms with Crippen LogP contribution >= 0.6 is 0 Å². The van der Waals surface area contributed by atoms with Crippen molar-refractivity contribution in [3.8, 4) is 5.75 Å². The summed E-state index contributed by atoms with van der Waals surface area (Å²) in [4.78, 5) is 9.69. The first-order valence-corrected chi connectivity index (χ1v) is 6.11. The molecule has 0 heterocycles. The van der Waals surface area contributed by atoms with Crippen LogP contribution in [0.4, 0.5) is 10.1 Å². The molecule has 0 radical (unpaired) electrons. The highest BCUT2D eigenvalue weighted by Crippen LogP contribution is 2.22. The highest BCUT2D eigenvalue weighted by atomic mass is 19.1. The number of nitrogens with one attached hydrogen (secondary N) is 1. The topological polar surface area (TPSA) is 64.4 Å². The van der Waals surface area contributed by atoms with E-state index >= 15 is 0 Å². The van der Waals surface area contributed by atoms with Crippen molar-refractivity contribution in [2.75, 3.05) is 13.2 Å². The summed E-state index contributed by atoms with van der Waals surface area (Å²) in [5.41, 5.74) is -0.485. The van der Waals surface area contributed by atoms with Crippen LogP contribution in [0, 0.1) is 15.9 Å². The molecule has 1 aromatic rings. The van der Waals surface area contributed by atoms with Gasteiger partial charge in [-0.3, -0.25) is 10.1 Å². The molecule has 0 aliphatic carbocycles. The van der Waals surface area contributed by atoms with Gasteiger partial charge in [0.05, 0.1) is 11.5 Å². The summed E-state index contributed by atoms with van der Waals surface area (Å²) in [6.45, 7) is 7.43. The van der Waals surface area contributed by atoms with Crippen LogP contribution in [-0.2, 0) is 0 Å². The van der Waals surface area contributed by atoms with Crippen molar-refractivity contribution in [1.82, 2.24) is 5.32 Å². The number of rotatable bonds is 6. The second-order valence-electron chi connectivity index (χ2n) is 5.25. The molecule has 0 amide bonds. The average molecular weight is 270 g/mol. The summed E-state index contributed by atoms with van der Waals surface area (Å²) in [5.74, 6) is -0.575. The van der Waals surface area contributed by atoms with E-state index in [1.54, 1.807) is 0 Å². The lowest BCUT2D eigenvalue weighted by atomic mass is 10.1. The van der Waals surface area contributed by atoms with Gasteiger partial charge in [-0.1, -0.05) is 0 Å². The molecular formula is C13H19FN2O3. The summed E-state index contributed by atoms with van der Waals surface area (Å²) in [5, 5.41) is 13.7. The van der Waals surface area contributed by atoms with Gasteiger partial charge in [0.15, 0.2) is 0 Å². The second kappa shape index (κ2) is 6.47. The minimum absolute atomic E-state index is 0.0550. The van der Waals surface area contributed by atoms with Crippen molar-refractivity contribution in [3.05, 3.63) is 34.1 Å². The normalized spacial score (nSPS) is 11.4. The maximum absolute atomic E-state index is 13.3. The van der Waals surface area contributed by atoms with E-state index in [0.717, 1.165) is 25.1 Å². The van der Waals surface area contributed by atoms with Crippen molar-refractivity contribution < 1.29 is 14.1 Å². The summed E-state index contributed by atoms with van der Waals surface area (Å²) >= 11 is 0. The number of halogens is 1. The van der Waals surface area contributed by atoms with E-state index in [0.29, 0.717) is 12.4 Å². The lowest BCUT2D eigenvalue weighted by Gasteiger charge is -2.20. The van der Waals surface area contributed by atoms with E-state index in [9.17, 15) is 14.5 Å². The molecule has 6 heteroatoms. The summed E-state index contributed by atoms with van der Waals surface area (Å²) < 4.78 is 18.6. The molecule has 0 atom stereocenters. The quantitative estimate of drug-likeness (QED) is 0.490. The van der Waals surface area contributed by atoms with Crippen LogP contribution in [0.5, 0.6) is 5.75 Å². The summed E-state index contributed by atoms with van der Waals surface area (Å²) in [6, 6.07) is 3.55. The molecule has 0 saturated heterocycles. The fourth-order valence-corrected chi connectivity index (χ4v) is 1.45. The van der Waals surface area contributed by atoms with Crippen molar-refractivity contribution in [2.24, 2.45) is 0 Å².